The maximum Gasteiger partial charge on any atom is 0.243 e. The van der Waals surface area contributed by atoms with Gasteiger partial charge in [0.25, 0.3) is 0 Å². The molecule has 3 fully saturated rings. The fourth-order valence-corrected chi connectivity index (χ4v) is 9.46. The van der Waals surface area contributed by atoms with Gasteiger partial charge in [0.15, 0.2) is 5.96 Å². The van der Waals surface area contributed by atoms with E-state index in [0.29, 0.717) is 32.0 Å². The van der Waals surface area contributed by atoms with E-state index in [-0.39, 0.29) is 50.0 Å². The number of sulfone groups is 1. The summed E-state index contributed by atoms with van der Waals surface area (Å²) >= 11 is 0. The topological polar surface area (TPSA) is 228 Å². The average molecular weight is 633 g/mol. The highest BCUT2D eigenvalue weighted by Gasteiger charge is 2.65. The summed E-state index contributed by atoms with van der Waals surface area (Å²) < 4.78 is 53.3. The molecule has 1 saturated heterocycles. The van der Waals surface area contributed by atoms with E-state index in [2.05, 4.69) is 15.0 Å². The lowest BCUT2D eigenvalue weighted by molar-refractivity contribution is -0.140. The summed E-state index contributed by atoms with van der Waals surface area (Å²) in [6.45, 7) is 4.22. The van der Waals surface area contributed by atoms with Crippen molar-refractivity contribution in [2.45, 2.75) is 83.3 Å². The molecule has 2 aliphatic carbocycles. The Morgan fingerprint density at radius 1 is 1.17 bits per heavy atom. The molecule has 5 atom stereocenters. The Morgan fingerprint density at radius 3 is 2.40 bits per heavy atom. The van der Waals surface area contributed by atoms with Crippen LogP contribution in [0.5, 0.6) is 0 Å². The van der Waals surface area contributed by atoms with Crippen LogP contribution in [0.2, 0.25) is 0 Å². The second kappa shape index (κ2) is 13.0. The smallest absolute Gasteiger partial charge is 0.243 e. The molecule has 1 aliphatic heterocycles. The number of aldehydes is 1. The predicted molar refractivity (Wildman–Crippen MR) is 156 cm³/mol. The lowest BCUT2D eigenvalue weighted by Crippen LogP contribution is -2.56. The van der Waals surface area contributed by atoms with Crippen molar-refractivity contribution >= 4 is 49.7 Å². The molecule has 14 nitrogen and oxygen atoms in total. The number of sulfonamides is 1. The van der Waals surface area contributed by atoms with Crippen molar-refractivity contribution in [3.05, 3.63) is 0 Å². The lowest BCUT2D eigenvalue weighted by atomic mass is 9.70. The van der Waals surface area contributed by atoms with Crippen LogP contribution in [0.1, 0.15) is 65.2 Å². The minimum absolute atomic E-state index is 0.0894. The number of ketones is 1. The molecule has 42 heavy (non-hydrogen) atoms. The molecule has 0 aromatic carbocycles. The quantitative estimate of drug-likeness (QED) is 0.0732. The molecule has 3 rings (SSSR count). The van der Waals surface area contributed by atoms with Crippen molar-refractivity contribution in [1.82, 2.24) is 14.9 Å². The van der Waals surface area contributed by atoms with E-state index in [4.69, 9.17) is 11.5 Å². The Balaban J connectivity index is 1.75. The first-order valence-electron chi connectivity index (χ1n) is 14.2. The van der Waals surface area contributed by atoms with E-state index < -0.39 is 72.1 Å². The number of nitrogens with zero attached hydrogens (tertiary/aromatic N) is 2. The SMILES string of the molecule is CC1(C)C2CCC1(CS(=O)(=O)NC(CCS(C)(=O)=O)C(=O)N1CCCC1C(=O)NC(C=O)CCCN=C(N)N)C(=O)C2. The monoisotopic (exact) mass is 632 g/mol. The normalized spacial score (nSPS) is 26.5. The number of hydrogen-bond acceptors (Lipinski definition) is 9. The van der Waals surface area contributed by atoms with Gasteiger partial charge in [-0.2, -0.15) is 0 Å². The minimum atomic E-state index is -4.22. The third-order valence-corrected chi connectivity index (χ3v) is 11.8. The van der Waals surface area contributed by atoms with Gasteiger partial charge in [-0.3, -0.25) is 19.4 Å². The Labute approximate surface area is 247 Å². The second-order valence-corrected chi connectivity index (χ2v) is 16.4. The van der Waals surface area contributed by atoms with E-state index >= 15 is 0 Å². The van der Waals surface area contributed by atoms with E-state index in [1.807, 2.05) is 13.8 Å². The molecule has 238 valence electrons. The van der Waals surface area contributed by atoms with Gasteiger partial charge < -0.3 is 26.5 Å². The summed E-state index contributed by atoms with van der Waals surface area (Å²) in [6, 6.07) is -3.26. The largest absolute Gasteiger partial charge is 0.370 e. The van der Waals surface area contributed by atoms with Gasteiger partial charge in [0.2, 0.25) is 21.8 Å². The fraction of sp³-hybridized carbons (Fsp3) is 0.808. The number of guanidine groups is 1. The van der Waals surface area contributed by atoms with E-state index in [9.17, 15) is 36.0 Å². The summed E-state index contributed by atoms with van der Waals surface area (Å²) in [7, 11) is -7.78. The summed E-state index contributed by atoms with van der Waals surface area (Å²) in [5.41, 5.74) is 8.98. The van der Waals surface area contributed by atoms with Crippen molar-refractivity contribution in [2.75, 3.05) is 30.9 Å². The van der Waals surface area contributed by atoms with Crippen LogP contribution >= 0.6 is 0 Å². The number of Topliss-reactive ketones (excluding diaryl/α,β-unsaturated/α-hetero) is 1. The zero-order valence-electron chi connectivity index (χ0n) is 24.5. The number of rotatable bonds is 15. The molecular formula is C26H44N6O8S2. The van der Waals surface area contributed by atoms with Gasteiger partial charge in [0.1, 0.15) is 34.0 Å². The standard InChI is InChI=1S/C26H44N6O8S2/c1-25(2)17-8-10-26(25,21(34)14-17)16-42(39,40)31-19(9-13-41(3,37)38)23(36)32-12-5-7-20(32)22(35)30-18(15-33)6-4-11-29-24(27)28/h15,17-20,31H,4-14,16H2,1-3H3,(H,30,35)(H4,27,28,29). The van der Waals surface area contributed by atoms with Crippen LogP contribution in [-0.4, -0.2) is 101 Å². The average Bonchev–Trinajstić information content (AvgIpc) is 3.51. The van der Waals surface area contributed by atoms with Gasteiger partial charge >= 0.3 is 0 Å². The van der Waals surface area contributed by atoms with Crippen molar-refractivity contribution in [3.63, 3.8) is 0 Å². The molecule has 2 amide bonds. The molecular weight excluding hydrogens is 588 g/mol. The molecule has 0 aromatic heterocycles. The second-order valence-electron chi connectivity index (χ2n) is 12.4. The minimum Gasteiger partial charge on any atom is -0.370 e. The van der Waals surface area contributed by atoms with Crippen LogP contribution < -0.4 is 21.5 Å². The van der Waals surface area contributed by atoms with Gasteiger partial charge in [-0.15, -0.1) is 0 Å². The van der Waals surface area contributed by atoms with Crippen LogP contribution in [-0.2, 0) is 39.0 Å². The molecule has 3 aliphatic rings. The van der Waals surface area contributed by atoms with Gasteiger partial charge in [-0.05, 0) is 56.3 Å². The van der Waals surface area contributed by atoms with Gasteiger partial charge in [-0.25, -0.2) is 21.6 Å². The third kappa shape index (κ3) is 7.67. The molecule has 6 N–H and O–H groups in total. The molecule has 2 bridgehead atoms. The summed E-state index contributed by atoms with van der Waals surface area (Å²) in [5.74, 6) is -2.35. The van der Waals surface area contributed by atoms with Crippen LogP contribution in [0.4, 0.5) is 0 Å². The number of amides is 2. The lowest BCUT2D eigenvalue weighted by Gasteiger charge is -2.36. The molecule has 2 saturated carbocycles. The first-order valence-corrected chi connectivity index (χ1v) is 18.0. The Bertz CT molecular complexity index is 1310. The molecule has 0 aromatic rings. The third-order valence-electron chi connectivity index (χ3n) is 9.27. The number of nitrogens with two attached hydrogens (primary N) is 2. The number of fused-ring (bicyclic) bond motifs is 2. The number of carbonyl (C=O) groups excluding carboxylic acids is 4. The first kappa shape index (κ1) is 33.9. The first-order chi connectivity index (χ1) is 19.4. The van der Waals surface area contributed by atoms with Crippen LogP contribution in [0.3, 0.4) is 0 Å². The van der Waals surface area contributed by atoms with Crippen molar-refractivity contribution in [2.24, 2.45) is 33.2 Å². The molecule has 16 heteroatoms. The molecule has 5 unspecified atom stereocenters. The number of likely N-dealkylation sites (tertiary alicyclic amines) is 1. The molecule has 1 heterocycles. The van der Waals surface area contributed by atoms with Crippen molar-refractivity contribution < 1.29 is 36.0 Å². The summed E-state index contributed by atoms with van der Waals surface area (Å²) in [4.78, 5) is 56.4. The van der Waals surface area contributed by atoms with E-state index in [1.54, 1.807) is 0 Å². The van der Waals surface area contributed by atoms with E-state index in [0.717, 1.165) is 12.7 Å². The zero-order chi connectivity index (χ0) is 31.5. The molecule has 0 spiro atoms. The van der Waals surface area contributed by atoms with Crippen LogP contribution in [0.25, 0.3) is 0 Å². The Hall–Kier alpha value is -2.59. The maximum atomic E-state index is 13.7. The number of carbonyl (C=O) groups is 4. The van der Waals surface area contributed by atoms with Gasteiger partial charge in [0, 0.05) is 31.2 Å². The highest BCUT2D eigenvalue weighted by atomic mass is 32.2. The van der Waals surface area contributed by atoms with Crippen molar-refractivity contribution in [1.29, 1.82) is 0 Å². The maximum absolute atomic E-state index is 13.7. The Kier molecular flexibility index (Phi) is 10.5. The highest BCUT2D eigenvalue weighted by molar-refractivity contribution is 7.90. The van der Waals surface area contributed by atoms with Crippen molar-refractivity contribution in [3.8, 4) is 0 Å². The molecule has 0 radical (unpaired) electrons. The van der Waals surface area contributed by atoms with Crippen LogP contribution in [0.15, 0.2) is 4.99 Å². The van der Waals surface area contributed by atoms with E-state index in [1.165, 1.54) is 4.90 Å². The van der Waals surface area contributed by atoms with Gasteiger partial charge in [0.05, 0.1) is 17.5 Å². The number of nitrogens with one attached hydrogen (secondary N) is 2. The Morgan fingerprint density at radius 2 is 1.86 bits per heavy atom. The van der Waals surface area contributed by atoms with Crippen LogP contribution in [0, 0.1) is 16.7 Å². The summed E-state index contributed by atoms with van der Waals surface area (Å²) in [5, 5.41) is 2.62. The number of hydrogen-bond donors (Lipinski definition) is 4. The van der Waals surface area contributed by atoms with Gasteiger partial charge in [-0.1, -0.05) is 13.8 Å². The predicted octanol–water partition coefficient (Wildman–Crippen LogP) is -1.17. The summed E-state index contributed by atoms with van der Waals surface area (Å²) in [6.07, 6.45) is 4.16. The zero-order valence-corrected chi connectivity index (χ0v) is 26.1. The fourth-order valence-electron chi connectivity index (χ4n) is 6.73. The highest BCUT2D eigenvalue weighted by Crippen LogP contribution is 2.64. The number of aliphatic imine (C=N–C) groups is 1.